The number of carbonyl (C=O) groups is 2. The van der Waals surface area contributed by atoms with Gasteiger partial charge in [0.2, 0.25) is 5.91 Å². The highest BCUT2D eigenvalue weighted by Gasteiger charge is 2.20. The van der Waals surface area contributed by atoms with Gasteiger partial charge in [-0.3, -0.25) is 9.59 Å². The first-order valence-corrected chi connectivity index (χ1v) is 38.9. The van der Waals surface area contributed by atoms with E-state index in [2.05, 4.69) is 31.3 Å². The van der Waals surface area contributed by atoms with Crippen molar-refractivity contribution in [2.75, 3.05) is 13.2 Å². The molecular weight excluding hydrogens is 1030 g/mol. The normalized spacial score (nSPS) is 12.5. The topological polar surface area (TPSA) is 95.9 Å². The molecule has 84 heavy (non-hydrogen) atoms. The molecule has 0 aromatic heterocycles. The second-order valence-corrected chi connectivity index (χ2v) is 27.0. The molecule has 1 amide bonds. The number of esters is 1. The van der Waals surface area contributed by atoms with Gasteiger partial charge in [-0.2, -0.15) is 0 Å². The fraction of sp³-hybridized carbons (Fsp3) is 0.949. The molecule has 0 aliphatic carbocycles. The van der Waals surface area contributed by atoms with Crippen molar-refractivity contribution in [3.8, 4) is 0 Å². The molecule has 0 aliphatic rings. The van der Waals surface area contributed by atoms with E-state index in [1.165, 1.54) is 379 Å². The van der Waals surface area contributed by atoms with Crippen LogP contribution in [-0.2, 0) is 14.3 Å². The van der Waals surface area contributed by atoms with Crippen LogP contribution in [0.15, 0.2) is 12.2 Å². The molecule has 0 aromatic carbocycles. The Hall–Kier alpha value is -1.40. The lowest BCUT2D eigenvalue weighted by molar-refractivity contribution is -0.143. The molecule has 0 fully saturated rings. The smallest absolute Gasteiger partial charge is 0.305 e. The van der Waals surface area contributed by atoms with Gasteiger partial charge in [-0.1, -0.05) is 398 Å². The van der Waals surface area contributed by atoms with E-state index in [0.717, 1.165) is 38.5 Å². The minimum atomic E-state index is -0.661. The lowest BCUT2D eigenvalue weighted by Crippen LogP contribution is -2.45. The Morgan fingerprint density at radius 3 is 0.845 bits per heavy atom. The lowest BCUT2D eigenvalue weighted by atomic mass is 10.0. The van der Waals surface area contributed by atoms with Gasteiger partial charge in [0.15, 0.2) is 0 Å². The monoisotopic (exact) mass is 1180 g/mol. The summed E-state index contributed by atoms with van der Waals surface area (Å²) in [5.41, 5.74) is 0. The van der Waals surface area contributed by atoms with Crippen molar-refractivity contribution in [2.24, 2.45) is 0 Å². The molecule has 500 valence electrons. The summed E-state index contributed by atoms with van der Waals surface area (Å²) in [6.45, 7) is 5.00. The molecule has 3 N–H and O–H groups in total. The maximum Gasteiger partial charge on any atom is 0.305 e. The molecule has 0 saturated carbocycles. The van der Waals surface area contributed by atoms with Crippen molar-refractivity contribution >= 4 is 11.9 Å². The molecule has 0 saturated heterocycles. The summed E-state index contributed by atoms with van der Waals surface area (Å²) in [5, 5.41) is 23.4. The Bertz CT molecular complexity index is 1270. The van der Waals surface area contributed by atoms with Crippen LogP contribution in [0.2, 0.25) is 0 Å². The fourth-order valence-electron chi connectivity index (χ4n) is 12.6. The second kappa shape index (κ2) is 74.1. The number of ether oxygens (including phenoxy) is 1. The third kappa shape index (κ3) is 69.7. The van der Waals surface area contributed by atoms with Crippen molar-refractivity contribution in [3.05, 3.63) is 12.2 Å². The number of rotatable bonds is 74. The van der Waals surface area contributed by atoms with Crippen LogP contribution < -0.4 is 5.32 Å². The van der Waals surface area contributed by atoms with Crippen molar-refractivity contribution in [1.29, 1.82) is 0 Å². The summed E-state index contributed by atoms with van der Waals surface area (Å²) in [7, 11) is 0. The quantitative estimate of drug-likeness (QED) is 0.0320. The van der Waals surface area contributed by atoms with Crippen LogP contribution in [0.4, 0.5) is 0 Å². The number of aliphatic hydroxyl groups excluding tert-OH is 2. The van der Waals surface area contributed by atoms with Gasteiger partial charge in [-0.15, -0.1) is 0 Å². The first-order valence-electron chi connectivity index (χ1n) is 38.9. The number of nitrogens with one attached hydrogen (secondary N) is 1. The highest BCUT2D eigenvalue weighted by Crippen LogP contribution is 2.20. The molecule has 6 nitrogen and oxygen atoms in total. The van der Waals surface area contributed by atoms with Crippen LogP contribution in [0, 0.1) is 0 Å². The van der Waals surface area contributed by atoms with Crippen molar-refractivity contribution < 1.29 is 24.5 Å². The van der Waals surface area contributed by atoms with Gasteiger partial charge in [0.05, 0.1) is 25.4 Å². The number of hydrogen-bond acceptors (Lipinski definition) is 5. The first kappa shape index (κ1) is 82.6. The first-order chi connectivity index (χ1) is 41.5. The maximum atomic E-state index is 12.5. The number of allylic oxidation sites excluding steroid dienone is 2. The molecule has 2 atom stereocenters. The minimum absolute atomic E-state index is 0.0195. The van der Waals surface area contributed by atoms with Gasteiger partial charge in [0.25, 0.3) is 0 Å². The number of aliphatic hydroxyl groups is 2. The van der Waals surface area contributed by atoms with E-state index in [4.69, 9.17) is 4.74 Å². The highest BCUT2D eigenvalue weighted by atomic mass is 16.5. The van der Waals surface area contributed by atoms with Gasteiger partial charge in [0.1, 0.15) is 0 Å². The average molecular weight is 1190 g/mol. The lowest BCUT2D eigenvalue weighted by Gasteiger charge is -2.22. The van der Waals surface area contributed by atoms with Gasteiger partial charge >= 0.3 is 5.97 Å². The summed E-state index contributed by atoms with van der Waals surface area (Å²) < 4.78 is 5.51. The maximum absolute atomic E-state index is 12.5. The van der Waals surface area contributed by atoms with Crippen molar-refractivity contribution in [1.82, 2.24) is 5.32 Å². The van der Waals surface area contributed by atoms with E-state index in [9.17, 15) is 19.8 Å². The van der Waals surface area contributed by atoms with Crippen molar-refractivity contribution in [3.63, 3.8) is 0 Å². The molecule has 0 radical (unpaired) electrons. The molecular formula is C78H153NO5. The van der Waals surface area contributed by atoms with Gasteiger partial charge in [-0.25, -0.2) is 0 Å². The van der Waals surface area contributed by atoms with E-state index in [1.807, 2.05) is 0 Å². The summed E-state index contributed by atoms with van der Waals surface area (Å²) >= 11 is 0. The van der Waals surface area contributed by atoms with Crippen molar-refractivity contribution in [2.45, 2.75) is 463 Å². The minimum Gasteiger partial charge on any atom is -0.466 e. The number of unbranched alkanes of at least 4 members (excludes halogenated alkanes) is 61. The molecule has 0 bridgehead atoms. The van der Waals surface area contributed by atoms with E-state index in [-0.39, 0.29) is 18.5 Å². The van der Waals surface area contributed by atoms with Crippen LogP contribution in [0.5, 0.6) is 0 Å². The number of hydrogen-bond donors (Lipinski definition) is 3. The largest absolute Gasteiger partial charge is 0.466 e. The third-order valence-corrected chi connectivity index (χ3v) is 18.6. The predicted molar refractivity (Wildman–Crippen MR) is 370 cm³/mol. The molecule has 0 aliphatic heterocycles. The Morgan fingerprint density at radius 2 is 0.560 bits per heavy atom. The summed E-state index contributed by atoms with van der Waals surface area (Å²) in [5.74, 6) is -0.00636. The van der Waals surface area contributed by atoms with Crippen LogP contribution in [-0.4, -0.2) is 47.4 Å². The Morgan fingerprint density at radius 1 is 0.321 bits per heavy atom. The zero-order valence-electron chi connectivity index (χ0n) is 57.4. The Labute approximate surface area is 527 Å². The third-order valence-electron chi connectivity index (χ3n) is 18.6. The molecule has 0 rings (SSSR count). The Kier molecular flexibility index (Phi) is 72.8. The standard InChI is InChI=1S/C78H153NO5/c1-3-5-7-9-11-13-15-17-19-21-40-44-48-52-56-60-64-68-72-78(83)84-73-69-65-61-57-53-49-45-41-37-35-33-31-29-27-25-23-22-24-26-28-30-32-34-36-39-43-47-51-55-59-63-67-71-77(82)79-75(74-80)76(81)70-66-62-58-54-50-46-42-38-20-18-16-14-12-10-8-6-4-2/h19,21,75-76,80-81H,3-18,20,22-74H2,1-2H3,(H,79,82)/b21-19-. The molecule has 0 spiro atoms. The summed E-state index contributed by atoms with van der Waals surface area (Å²) in [6, 6.07) is -0.538. The number of amides is 1. The Balaban J connectivity index is 3.31. The van der Waals surface area contributed by atoms with Crippen LogP contribution in [0.25, 0.3) is 0 Å². The zero-order valence-corrected chi connectivity index (χ0v) is 57.4. The second-order valence-electron chi connectivity index (χ2n) is 27.0. The van der Waals surface area contributed by atoms with E-state index >= 15 is 0 Å². The van der Waals surface area contributed by atoms with Crippen LogP contribution in [0.3, 0.4) is 0 Å². The predicted octanol–water partition coefficient (Wildman–Crippen LogP) is 25.5. The van der Waals surface area contributed by atoms with E-state index < -0.39 is 12.1 Å². The molecule has 0 heterocycles. The van der Waals surface area contributed by atoms with Gasteiger partial charge in [-0.05, 0) is 51.4 Å². The summed E-state index contributed by atoms with van der Waals surface area (Å²) in [4.78, 5) is 24.7. The fourth-order valence-corrected chi connectivity index (χ4v) is 12.6. The molecule has 0 aromatic rings. The van der Waals surface area contributed by atoms with Crippen LogP contribution >= 0.6 is 0 Å². The molecule has 6 heteroatoms. The van der Waals surface area contributed by atoms with Crippen LogP contribution in [0.1, 0.15) is 450 Å². The zero-order chi connectivity index (χ0) is 60.6. The average Bonchev–Trinajstić information content (AvgIpc) is 3.51. The van der Waals surface area contributed by atoms with E-state index in [0.29, 0.717) is 25.9 Å². The number of carbonyl (C=O) groups excluding carboxylic acids is 2. The van der Waals surface area contributed by atoms with Gasteiger partial charge < -0.3 is 20.3 Å². The van der Waals surface area contributed by atoms with Gasteiger partial charge in [0, 0.05) is 12.8 Å². The van der Waals surface area contributed by atoms with E-state index in [1.54, 1.807) is 0 Å². The SMILES string of the molecule is CCCCCCCCC/C=C\CCCCCCCCCC(=O)OCCCCCCCCCCCCCCCCCCCCCCCCCCCCCCCCCCC(=O)NC(CO)C(O)CCCCCCCCCCCCCCCCCCC. The molecule has 2 unspecified atom stereocenters. The highest BCUT2D eigenvalue weighted by molar-refractivity contribution is 5.76. The summed E-state index contributed by atoms with van der Waals surface area (Å²) in [6.07, 6.45) is 93.0.